The Morgan fingerprint density at radius 3 is 2.33 bits per heavy atom. The van der Waals surface area contributed by atoms with Gasteiger partial charge in [0.25, 0.3) is 0 Å². The number of nitrogens with zero attached hydrogens (tertiary/aromatic N) is 5. The van der Waals surface area contributed by atoms with Crippen LogP contribution in [0.5, 0.6) is 0 Å². The van der Waals surface area contributed by atoms with Crippen molar-refractivity contribution in [1.29, 1.82) is 5.26 Å². The third-order valence-electron chi connectivity index (χ3n) is 6.13. The lowest BCUT2D eigenvalue weighted by Gasteiger charge is -2.17. The van der Waals surface area contributed by atoms with Crippen molar-refractivity contribution < 1.29 is 4.92 Å². The maximum atomic E-state index is 12.2. The van der Waals surface area contributed by atoms with Crippen molar-refractivity contribution in [1.82, 2.24) is 15.0 Å². The summed E-state index contributed by atoms with van der Waals surface area (Å²) in [7, 11) is 0. The SMILES string of the molecule is Cc1cc(C(C#N)c2ccc(Cl)cc2)c(Cl)cc1Nc1ncnc(Nc2cccc3cccnc23)c1[N+](=O)[O-]. The number of halogens is 2. The van der Waals surface area contributed by atoms with Gasteiger partial charge in [0.05, 0.1) is 28.1 Å². The van der Waals surface area contributed by atoms with Crippen LogP contribution in [0.1, 0.15) is 22.6 Å². The van der Waals surface area contributed by atoms with E-state index in [4.69, 9.17) is 23.2 Å². The number of pyridine rings is 1. The van der Waals surface area contributed by atoms with Crippen molar-refractivity contribution in [3.05, 3.63) is 116 Å². The predicted molar refractivity (Wildman–Crippen MR) is 152 cm³/mol. The summed E-state index contributed by atoms with van der Waals surface area (Å²) in [4.78, 5) is 24.3. The first-order chi connectivity index (χ1) is 18.9. The van der Waals surface area contributed by atoms with Crippen LogP contribution in [0.25, 0.3) is 10.9 Å². The molecule has 39 heavy (non-hydrogen) atoms. The Morgan fingerprint density at radius 1 is 0.949 bits per heavy atom. The highest BCUT2D eigenvalue weighted by Crippen LogP contribution is 2.38. The molecule has 5 rings (SSSR count). The second kappa shape index (κ2) is 10.9. The molecule has 0 fully saturated rings. The van der Waals surface area contributed by atoms with Gasteiger partial charge in [-0.3, -0.25) is 15.1 Å². The molecule has 0 aliphatic carbocycles. The van der Waals surface area contributed by atoms with E-state index in [1.807, 2.05) is 31.2 Å². The number of fused-ring (bicyclic) bond motifs is 1. The zero-order valence-corrected chi connectivity index (χ0v) is 21.9. The molecule has 0 saturated heterocycles. The number of hydrogen-bond acceptors (Lipinski definition) is 8. The highest BCUT2D eigenvalue weighted by Gasteiger charge is 2.25. The van der Waals surface area contributed by atoms with Crippen molar-refractivity contribution >= 4 is 62.8 Å². The molecule has 11 heteroatoms. The lowest BCUT2D eigenvalue weighted by Crippen LogP contribution is -2.07. The molecule has 0 amide bonds. The fourth-order valence-corrected chi connectivity index (χ4v) is 4.63. The number of nitro groups is 1. The standard InChI is InChI=1S/C28H19Cl2N7O2/c1-16-12-20(21(14-31)17-7-9-19(29)10-8-17)22(30)13-24(16)36-28-26(37(38)39)27(33-15-34-28)35-23-6-2-4-18-5-3-11-32-25(18)23/h2-13,15,21H,1H3,(H2,33,34,35,36). The summed E-state index contributed by atoms with van der Waals surface area (Å²) in [5, 5.41) is 29.9. The number of anilines is 4. The molecule has 0 saturated carbocycles. The van der Waals surface area contributed by atoms with E-state index < -0.39 is 10.8 Å². The Hall–Kier alpha value is -4.78. The third kappa shape index (κ3) is 5.29. The van der Waals surface area contributed by atoms with E-state index >= 15 is 0 Å². The quantitative estimate of drug-likeness (QED) is 0.154. The van der Waals surface area contributed by atoms with Gasteiger partial charge in [0.2, 0.25) is 11.6 Å². The van der Waals surface area contributed by atoms with Crippen LogP contribution in [-0.4, -0.2) is 19.9 Å². The number of benzene rings is 3. The van der Waals surface area contributed by atoms with Gasteiger partial charge in [0.1, 0.15) is 6.33 Å². The molecule has 2 N–H and O–H groups in total. The zero-order valence-electron chi connectivity index (χ0n) is 20.4. The summed E-state index contributed by atoms with van der Waals surface area (Å²) in [6, 6.07) is 21.9. The van der Waals surface area contributed by atoms with Crippen molar-refractivity contribution in [2.24, 2.45) is 0 Å². The number of para-hydroxylation sites is 1. The van der Waals surface area contributed by atoms with Crippen LogP contribution in [-0.2, 0) is 0 Å². The summed E-state index contributed by atoms with van der Waals surface area (Å²) in [6.45, 7) is 1.81. The molecule has 9 nitrogen and oxygen atoms in total. The normalized spacial score (nSPS) is 11.5. The second-order valence-corrected chi connectivity index (χ2v) is 9.45. The van der Waals surface area contributed by atoms with Crippen LogP contribution in [0, 0.1) is 28.4 Å². The van der Waals surface area contributed by atoms with Crippen molar-refractivity contribution in [3.63, 3.8) is 0 Å². The summed E-state index contributed by atoms with van der Waals surface area (Å²) < 4.78 is 0. The second-order valence-electron chi connectivity index (χ2n) is 8.61. The number of nitriles is 1. The number of rotatable bonds is 7. The Kier molecular flexibility index (Phi) is 7.23. The van der Waals surface area contributed by atoms with E-state index in [0.717, 1.165) is 10.9 Å². The first kappa shape index (κ1) is 25.9. The fourth-order valence-electron chi connectivity index (χ4n) is 4.23. The highest BCUT2D eigenvalue weighted by atomic mass is 35.5. The minimum Gasteiger partial charge on any atom is -0.334 e. The van der Waals surface area contributed by atoms with Crippen LogP contribution in [0.4, 0.5) is 28.7 Å². The minimum atomic E-state index is -0.624. The molecular weight excluding hydrogens is 537 g/mol. The van der Waals surface area contributed by atoms with E-state index in [2.05, 4.69) is 31.7 Å². The first-order valence-corrected chi connectivity index (χ1v) is 12.4. The lowest BCUT2D eigenvalue weighted by atomic mass is 9.91. The maximum absolute atomic E-state index is 12.2. The van der Waals surface area contributed by atoms with Gasteiger partial charge in [0, 0.05) is 27.3 Å². The fraction of sp³-hybridized carbons (Fsp3) is 0.0714. The Labute approximate surface area is 233 Å². The summed E-state index contributed by atoms with van der Waals surface area (Å²) in [6.07, 6.45) is 2.88. The van der Waals surface area contributed by atoms with E-state index in [1.54, 1.807) is 48.7 Å². The Bertz CT molecular complexity index is 1750. The van der Waals surface area contributed by atoms with Crippen LogP contribution in [0.3, 0.4) is 0 Å². The highest BCUT2D eigenvalue weighted by molar-refractivity contribution is 6.32. The summed E-state index contributed by atoms with van der Waals surface area (Å²) in [5.74, 6) is -0.642. The molecule has 2 heterocycles. The molecule has 1 unspecified atom stereocenters. The molecule has 192 valence electrons. The zero-order chi connectivity index (χ0) is 27.5. The van der Waals surface area contributed by atoms with Crippen LogP contribution in [0.2, 0.25) is 10.0 Å². The van der Waals surface area contributed by atoms with Gasteiger partial charge in [-0.25, -0.2) is 9.97 Å². The average molecular weight is 556 g/mol. The van der Waals surface area contributed by atoms with Crippen molar-refractivity contribution in [2.45, 2.75) is 12.8 Å². The molecule has 2 aromatic heterocycles. The topological polar surface area (TPSA) is 130 Å². The maximum Gasteiger partial charge on any atom is 0.353 e. The molecule has 1 atom stereocenters. The summed E-state index contributed by atoms with van der Waals surface area (Å²) >= 11 is 12.6. The van der Waals surface area contributed by atoms with Gasteiger partial charge in [0.15, 0.2) is 0 Å². The van der Waals surface area contributed by atoms with E-state index in [0.29, 0.717) is 38.1 Å². The van der Waals surface area contributed by atoms with Crippen LogP contribution in [0.15, 0.2) is 79.3 Å². The molecule has 5 aromatic rings. The molecular formula is C28H19Cl2N7O2. The van der Waals surface area contributed by atoms with E-state index in [-0.39, 0.29) is 17.3 Å². The minimum absolute atomic E-state index is 0.00306. The van der Waals surface area contributed by atoms with Crippen LogP contribution >= 0.6 is 23.2 Å². The molecule has 0 aliphatic heterocycles. The van der Waals surface area contributed by atoms with Gasteiger partial charge in [-0.15, -0.1) is 0 Å². The number of nitrogens with one attached hydrogen (secondary N) is 2. The number of hydrogen-bond donors (Lipinski definition) is 2. The van der Waals surface area contributed by atoms with Crippen molar-refractivity contribution in [3.8, 4) is 6.07 Å². The van der Waals surface area contributed by atoms with Gasteiger partial charge < -0.3 is 10.6 Å². The van der Waals surface area contributed by atoms with E-state index in [1.165, 1.54) is 6.33 Å². The smallest absolute Gasteiger partial charge is 0.334 e. The molecule has 0 bridgehead atoms. The molecule has 0 aliphatic rings. The predicted octanol–water partition coefficient (Wildman–Crippen LogP) is 7.69. The van der Waals surface area contributed by atoms with E-state index in [9.17, 15) is 15.4 Å². The summed E-state index contributed by atoms with van der Waals surface area (Å²) in [5.41, 5.74) is 3.42. The first-order valence-electron chi connectivity index (χ1n) is 11.7. The Morgan fingerprint density at radius 2 is 1.64 bits per heavy atom. The molecule has 0 spiro atoms. The number of aromatic nitrogens is 3. The van der Waals surface area contributed by atoms with Gasteiger partial charge in [-0.05, 0) is 53.9 Å². The molecule has 0 radical (unpaired) electrons. The van der Waals surface area contributed by atoms with Crippen LogP contribution < -0.4 is 10.6 Å². The van der Waals surface area contributed by atoms with Gasteiger partial charge in [-0.2, -0.15) is 5.26 Å². The van der Waals surface area contributed by atoms with Gasteiger partial charge in [-0.1, -0.05) is 59.6 Å². The Balaban J connectivity index is 1.50. The largest absolute Gasteiger partial charge is 0.353 e. The van der Waals surface area contributed by atoms with Gasteiger partial charge >= 0.3 is 5.69 Å². The monoisotopic (exact) mass is 555 g/mol. The third-order valence-corrected chi connectivity index (χ3v) is 6.71. The molecule has 3 aromatic carbocycles. The number of aryl methyl sites for hydroxylation is 1. The average Bonchev–Trinajstić information content (AvgIpc) is 2.93. The lowest BCUT2D eigenvalue weighted by molar-refractivity contribution is -0.383. The van der Waals surface area contributed by atoms with Crippen molar-refractivity contribution in [2.75, 3.05) is 10.6 Å².